The first-order valence-corrected chi connectivity index (χ1v) is 5.68. The molecule has 16 heavy (non-hydrogen) atoms. The maximum absolute atomic E-state index is 11.4. The zero-order valence-corrected chi connectivity index (χ0v) is 9.97. The largest absolute Gasteiger partial charge is 0.451 e. The van der Waals surface area contributed by atoms with Crippen LogP contribution in [-0.2, 0) is 9.53 Å². The van der Waals surface area contributed by atoms with Crippen molar-refractivity contribution in [2.24, 2.45) is 0 Å². The molecule has 0 aliphatic rings. The molecular formula is C10H14N2O3S. The summed E-state index contributed by atoms with van der Waals surface area (Å²) in [5.41, 5.74) is 5.91. The van der Waals surface area contributed by atoms with Crippen LogP contribution in [0.25, 0.3) is 0 Å². The van der Waals surface area contributed by atoms with Gasteiger partial charge in [0, 0.05) is 6.04 Å². The number of nitrogens with two attached hydrogens (primary N) is 1. The van der Waals surface area contributed by atoms with Crippen LogP contribution in [0.15, 0.2) is 11.4 Å². The van der Waals surface area contributed by atoms with Crippen molar-refractivity contribution in [3.8, 4) is 0 Å². The molecule has 0 unspecified atom stereocenters. The number of amides is 1. The van der Waals surface area contributed by atoms with E-state index in [0.29, 0.717) is 10.6 Å². The lowest BCUT2D eigenvalue weighted by Crippen LogP contribution is -2.33. The van der Waals surface area contributed by atoms with E-state index in [1.54, 1.807) is 11.4 Å². The Labute approximate surface area is 97.6 Å². The Bertz CT molecular complexity index is 387. The second kappa shape index (κ2) is 5.50. The van der Waals surface area contributed by atoms with Crippen molar-refractivity contribution in [2.75, 3.05) is 12.3 Å². The summed E-state index contributed by atoms with van der Waals surface area (Å²) in [5.74, 6) is -0.884. The number of ether oxygens (including phenoxy) is 1. The summed E-state index contributed by atoms with van der Waals surface area (Å²) in [4.78, 5) is 23.0. The Hall–Kier alpha value is -1.56. The van der Waals surface area contributed by atoms with Crippen LogP contribution in [0.4, 0.5) is 5.69 Å². The van der Waals surface area contributed by atoms with E-state index in [0.717, 1.165) is 0 Å². The second-order valence-electron chi connectivity index (χ2n) is 3.50. The molecule has 1 amide bonds. The standard InChI is InChI=1S/C10H14N2O3S/c1-6(2)12-8(13)5-15-10(14)9-7(11)3-4-16-9/h3-4,6H,5,11H2,1-2H3,(H,12,13). The molecule has 0 bridgehead atoms. The zero-order chi connectivity index (χ0) is 12.1. The van der Waals surface area contributed by atoms with Crippen molar-refractivity contribution < 1.29 is 14.3 Å². The molecular weight excluding hydrogens is 228 g/mol. The molecule has 0 atom stereocenters. The number of carbonyl (C=O) groups is 2. The van der Waals surface area contributed by atoms with Gasteiger partial charge in [-0.15, -0.1) is 11.3 Å². The molecule has 0 saturated heterocycles. The molecule has 1 rings (SSSR count). The first-order chi connectivity index (χ1) is 7.50. The number of thiophene rings is 1. The highest BCUT2D eigenvalue weighted by atomic mass is 32.1. The number of rotatable bonds is 4. The summed E-state index contributed by atoms with van der Waals surface area (Å²) in [5, 5.41) is 4.31. The Balaban J connectivity index is 2.42. The number of hydrogen-bond donors (Lipinski definition) is 2. The second-order valence-corrected chi connectivity index (χ2v) is 4.42. The molecule has 5 nitrogen and oxygen atoms in total. The predicted molar refractivity (Wildman–Crippen MR) is 62.3 cm³/mol. The molecule has 1 heterocycles. The highest BCUT2D eigenvalue weighted by molar-refractivity contribution is 7.12. The van der Waals surface area contributed by atoms with Crippen molar-refractivity contribution in [3.05, 3.63) is 16.3 Å². The lowest BCUT2D eigenvalue weighted by atomic mass is 10.4. The van der Waals surface area contributed by atoms with Gasteiger partial charge in [-0.1, -0.05) is 0 Å². The number of esters is 1. The van der Waals surface area contributed by atoms with Crippen LogP contribution in [-0.4, -0.2) is 24.5 Å². The average Bonchev–Trinajstić information content (AvgIpc) is 2.60. The van der Waals surface area contributed by atoms with Crippen molar-refractivity contribution >= 4 is 28.9 Å². The highest BCUT2D eigenvalue weighted by Gasteiger charge is 2.14. The quantitative estimate of drug-likeness (QED) is 0.772. The van der Waals surface area contributed by atoms with E-state index in [1.165, 1.54) is 11.3 Å². The highest BCUT2D eigenvalue weighted by Crippen LogP contribution is 2.19. The third kappa shape index (κ3) is 3.54. The van der Waals surface area contributed by atoms with E-state index in [4.69, 9.17) is 10.5 Å². The lowest BCUT2D eigenvalue weighted by Gasteiger charge is -2.08. The molecule has 0 fully saturated rings. The maximum Gasteiger partial charge on any atom is 0.350 e. The van der Waals surface area contributed by atoms with Gasteiger partial charge in [0.05, 0.1) is 5.69 Å². The van der Waals surface area contributed by atoms with Crippen molar-refractivity contribution in [2.45, 2.75) is 19.9 Å². The van der Waals surface area contributed by atoms with Gasteiger partial charge < -0.3 is 15.8 Å². The van der Waals surface area contributed by atoms with E-state index in [9.17, 15) is 9.59 Å². The smallest absolute Gasteiger partial charge is 0.350 e. The minimum Gasteiger partial charge on any atom is -0.451 e. The zero-order valence-electron chi connectivity index (χ0n) is 9.15. The van der Waals surface area contributed by atoms with E-state index in [-0.39, 0.29) is 18.6 Å². The van der Waals surface area contributed by atoms with Gasteiger partial charge in [0.15, 0.2) is 6.61 Å². The molecule has 6 heteroatoms. The Kier molecular flexibility index (Phi) is 4.30. The molecule has 3 N–H and O–H groups in total. The van der Waals surface area contributed by atoms with Crippen LogP contribution in [0, 0.1) is 0 Å². The van der Waals surface area contributed by atoms with E-state index < -0.39 is 5.97 Å². The minimum atomic E-state index is -0.564. The van der Waals surface area contributed by atoms with Crippen LogP contribution in [0.5, 0.6) is 0 Å². The summed E-state index contributed by atoms with van der Waals surface area (Å²) >= 11 is 1.19. The first kappa shape index (κ1) is 12.5. The molecule has 0 aliphatic heterocycles. The summed E-state index contributed by atoms with van der Waals surface area (Å²) in [7, 11) is 0. The predicted octanol–water partition coefficient (Wildman–Crippen LogP) is 1.01. The number of anilines is 1. The van der Waals surface area contributed by atoms with Gasteiger partial charge in [-0.25, -0.2) is 4.79 Å². The third-order valence-electron chi connectivity index (χ3n) is 1.67. The molecule has 0 saturated carbocycles. The minimum absolute atomic E-state index is 0.0259. The van der Waals surface area contributed by atoms with Crippen LogP contribution >= 0.6 is 11.3 Å². The first-order valence-electron chi connectivity index (χ1n) is 4.80. The number of hydrogen-bond acceptors (Lipinski definition) is 5. The van der Waals surface area contributed by atoms with Gasteiger partial charge >= 0.3 is 5.97 Å². The normalized spacial score (nSPS) is 10.2. The van der Waals surface area contributed by atoms with E-state index in [1.807, 2.05) is 13.8 Å². The van der Waals surface area contributed by atoms with Crippen molar-refractivity contribution in [1.82, 2.24) is 5.32 Å². The van der Waals surface area contributed by atoms with Crippen LogP contribution < -0.4 is 11.1 Å². The summed E-state index contributed by atoms with van der Waals surface area (Å²) in [6, 6.07) is 1.65. The van der Waals surface area contributed by atoms with E-state index in [2.05, 4.69) is 5.32 Å². The van der Waals surface area contributed by atoms with Gasteiger partial charge in [0.25, 0.3) is 5.91 Å². The van der Waals surface area contributed by atoms with Gasteiger partial charge in [-0.2, -0.15) is 0 Å². The van der Waals surface area contributed by atoms with Gasteiger partial charge in [0.2, 0.25) is 0 Å². The number of nitrogens with one attached hydrogen (secondary N) is 1. The topological polar surface area (TPSA) is 81.4 Å². The Morgan fingerprint density at radius 2 is 2.25 bits per heavy atom. The fraction of sp³-hybridized carbons (Fsp3) is 0.400. The molecule has 88 valence electrons. The third-order valence-corrected chi connectivity index (χ3v) is 2.58. The molecule has 0 radical (unpaired) electrons. The lowest BCUT2D eigenvalue weighted by molar-refractivity contribution is -0.124. The molecule has 0 aromatic carbocycles. The van der Waals surface area contributed by atoms with Gasteiger partial charge in [-0.3, -0.25) is 4.79 Å². The fourth-order valence-electron chi connectivity index (χ4n) is 1.05. The molecule has 0 spiro atoms. The van der Waals surface area contributed by atoms with Crippen LogP contribution in [0.1, 0.15) is 23.5 Å². The van der Waals surface area contributed by atoms with Gasteiger partial charge in [0.1, 0.15) is 4.88 Å². The SMILES string of the molecule is CC(C)NC(=O)COC(=O)c1sccc1N. The summed E-state index contributed by atoms with van der Waals surface area (Å²) < 4.78 is 4.81. The van der Waals surface area contributed by atoms with Crippen molar-refractivity contribution in [1.29, 1.82) is 0 Å². The van der Waals surface area contributed by atoms with Crippen LogP contribution in [0.2, 0.25) is 0 Å². The summed E-state index contributed by atoms with van der Waals surface area (Å²) in [6.07, 6.45) is 0. The Morgan fingerprint density at radius 1 is 1.56 bits per heavy atom. The van der Waals surface area contributed by atoms with Crippen molar-refractivity contribution in [3.63, 3.8) is 0 Å². The fourth-order valence-corrected chi connectivity index (χ4v) is 1.76. The van der Waals surface area contributed by atoms with E-state index >= 15 is 0 Å². The Morgan fingerprint density at radius 3 is 2.75 bits per heavy atom. The summed E-state index contributed by atoms with van der Waals surface area (Å²) in [6.45, 7) is 3.38. The monoisotopic (exact) mass is 242 g/mol. The maximum atomic E-state index is 11.4. The molecule has 0 aliphatic carbocycles. The number of carbonyl (C=O) groups excluding carboxylic acids is 2. The van der Waals surface area contributed by atoms with Crippen LogP contribution in [0.3, 0.4) is 0 Å². The molecule has 1 aromatic rings. The van der Waals surface area contributed by atoms with Gasteiger partial charge in [-0.05, 0) is 25.3 Å². The average molecular weight is 242 g/mol. The molecule has 1 aromatic heterocycles. The number of nitrogen functional groups attached to an aromatic ring is 1.